The first-order valence-corrected chi connectivity index (χ1v) is 8.27. The van der Waals surface area contributed by atoms with Crippen molar-refractivity contribution in [2.24, 2.45) is 0 Å². The Hall–Kier alpha value is -1.61. The van der Waals surface area contributed by atoms with Gasteiger partial charge in [0, 0.05) is 4.83 Å². The second kappa shape index (κ2) is 6.66. The minimum atomic E-state index is -0.520. The van der Waals surface area contributed by atoms with Crippen molar-refractivity contribution < 1.29 is 9.53 Å². The van der Waals surface area contributed by atoms with Gasteiger partial charge in [-0.05, 0) is 44.4 Å². The molecular weight excluding hydrogens is 340 g/mol. The third kappa shape index (κ3) is 3.98. The topological polar surface area (TPSA) is 26.3 Å². The second-order valence-electron chi connectivity index (χ2n) is 6.25. The van der Waals surface area contributed by atoms with Gasteiger partial charge in [0.1, 0.15) is 5.60 Å². The summed E-state index contributed by atoms with van der Waals surface area (Å²) in [5, 5.41) is 0. The minimum Gasteiger partial charge on any atom is -0.456 e. The van der Waals surface area contributed by atoms with Gasteiger partial charge in [-0.25, -0.2) is 4.79 Å². The molecule has 2 aromatic carbocycles. The van der Waals surface area contributed by atoms with Gasteiger partial charge in [0.25, 0.3) is 0 Å². The van der Waals surface area contributed by atoms with E-state index >= 15 is 0 Å². The molecule has 22 heavy (non-hydrogen) atoms. The number of benzene rings is 2. The smallest absolute Gasteiger partial charge is 0.339 e. The predicted octanol–water partition coefficient (Wildman–Crippen LogP) is 5.76. The second-order valence-corrected chi connectivity index (χ2v) is 7.63. The zero-order chi connectivity index (χ0) is 16.3. The molecule has 2 nitrogen and oxygen atoms in total. The molecule has 0 radical (unpaired) electrons. The molecule has 2 rings (SSSR count). The molecule has 0 amide bonds. The molecule has 0 spiro atoms. The number of carbonyl (C=O) groups excluding carboxylic acids is 1. The summed E-state index contributed by atoms with van der Waals surface area (Å²) in [5.41, 5.74) is 2.97. The summed E-state index contributed by atoms with van der Waals surface area (Å²) in [4.78, 5) is 12.8. The van der Waals surface area contributed by atoms with Gasteiger partial charge in [-0.3, -0.25) is 0 Å². The van der Waals surface area contributed by atoms with Crippen molar-refractivity contribution in [1.29, 1.82) is 0 Å². The van der Waals surface area contributed by atoms with E-state index in [-0.39, 0.29) is 10.8 Å². The summed E-state index contributed by atoms with van der Waals surface area (Å²) in [6, 6.07) is 15.8. The summed E-state index contributed by atoms with van der Waals surface area (Å²) >= 11 is 3.58. The molecular formula is C19H21BrO2. The van der Waals surface area contributed by atoms with E-state index in [2.05, 4.69) is 15.9 Å². The molecule has 0 aromatic heterocycles. The molecule has 0 aliphatic carbocycles. The zero-order valence-corrected chi connectivity index (χ0v) is 15.0. The number of carbonyl (C=O) groups is 1. The van der Waals surface area contributed by atoms with E-state index in [4.69, 9.17) is 4.74 Å². The minimum absolute atomic E-state index is 0.0682. The first kappa shape index (κ1) is 16.8. The Morgan fingerprint density at radius 3 is 2.23 bits per heavy atom. The number of hydrogen-bond donors (Lipinski definition) is 0. The van der Waals surface area contributed by atoms with E-state index in [1.54, 1.807) is 0 Å². The molecule has 0 fully saturated rings. The van der Waals surface area contributed by atoms with E-state index in [1.165, 1.54) is 0 Å². The van der Waals surface area contributed by atoms with Crippen LogP contribution in [0.2, 0.25) is 0 Å². The van der Waals surface area contributed by atoms with Crippen molar-refractivity contribution in [2.75, 3.05) is 0 Å². The van der Waals surface area contributed by atoms with Crippen molar-refractivity contribution in [3.05, 3.63) is 59.7 Å². The Morgan fingerprint density at radius 1 is 1.05 bits per heavy atom. The molecule has 0 aliphatic rings. The van der Waals surface area contributed by atoms with E-state index in [0.29, 0.717) is 5.56 Å². The molecule has 0 saturated carbocycles. The van der Waals surface area contributed by atoms with Gasteiger partial charge in [-0.1, -0.05) is 64.5 Å². The highest BCUT2D eigenvalue weighted by Crippen LogP contribution is 2.34. The third-order valence-corrected chi connectivity index (χ3v) is 3.71. The number of ether oxygens (including phenoxy) is 1. The number of hydrogen-bond acceptors (Lipinski definition) is 2. The molecule has 0 heterocycles. The summed E-state index contributed by atoms with van der Waals surface area (Å²) < 4.78 is 5.62. The number of esters is 1. The van der Waals surface area contributed by atoms with E-state index in [1.807, 2.05) is 76.2 Å². The lowest BCUT2D eigenvalue weighted by molar-refractivity contribution is 0.00693. The van der Waals surface area contributed by atoms with Crippen molar-refractivity contribution in [2.45, 2.75) is 38.1 Å². The van der Waals surface area contributed by atoms with Gasteiger partial charge in [-0.2, -0.15) is 0 Å². The van der Waals surface area contributed by atoms with Crippen LogP contribution in [0.5, 0.6) is 0 Å². The highest BCUT2D eigenvalue weighted by molar-refractivity contribution is 9.09. The summed E-state index contributed by atoms with van der Waals surface area (Å²) in [5.74, 6) is -0.284. The van der Waals surface area contributed by atoms with Crippen LogP contribution < -0.4 is 0 Å². The molecule has 1 unspecified atom stereocenters. The van der Waals surface area contributed by atoms with E-state index < -0.39 is 5.60 Å². The van der Waals surface area contributed by atoms with Crippen LogP contribution in [0, 0.1) is 0 Å². The lowest BCUT2D eigenvalue weighted by atomic mass is 9.94. The normalized spacial score (nSPS) is 12.8. The molecule has 3 heteroatoms. The largest absolute Gasteiger partial charge is 0.456 e. The lowest BCUT2D eigenvalue weighted by Crippen LogP contribution is -2.25. The van der Waals surface area contributed by atoms with Crippen LogP contribution in [0.3, 0.4) is 0 Å². The van der Waals surface area contributed by atoms with Gasteiger partial charge < -0.3 is 4.74 Å². The van der Waals surface area contributed by atoms with Gasteiger partial charge in [0.15, 0.2) is 0 Å². The van der Waals surface area contributed by atoms with Crippen LogP contribution in [0.4, 0.5) is 0 Å². The van der Waals surface area contributed by atoms with E-state index in [0.717, 1.165) is 16.7 Å². The van der Waals surface area contributed by atoms with Crippen molar-refractivity contribution in [1.82, 2.24) is 0 Å². The Kier molecular flexibility index (Phi) is 5.07. The predicted molar refractivity (Wildman–Crippen MR) is 94.4 cm³/mol. The standard InChI is InChI=1S/C19H21BrO2/c1-13(20)15-11-8-12-16(14-9-6-5-7-10-14)17(15)18(21)22-19(2,3)4/h5-13H,1-4H3. The Balaban J connectivity index is 2.60. The van der Waals surface area contributed by atoms with Crippen LogP contribution in [-0.4, -0.2) is 11.6 Å². The average molecular weight is 361 g/mol. The fourth-order valence-electron chi connectivity index (χ4n) is 2.32. The molecule has 0 saturated heterocycles. The van der Waals surface area contributed by atoms with Crippen LogP contribution in [0.25, 0.3) is 11.1 Å². The maximum Gasteiger partial charge on any atom is 0.339 e. The van der Waals surface area contributed by atoms with Gasteiger partial charge in [0.2, 0.25) is 0 Å². The molecule has 0 bridgehead atoms. The third-order valence-electron chi connectivity index (χ3n) is 3.21. The van der Waals surface area contributed by atoms with Crippen LogP contribution in [0.1, 0.15) is 48.4 Å². The van der Waals surface area contributed by atoms with Crippen LogP contribution in [-0.2, 0) is 4.74 Å². The quantitative estimate of drug-likeness (QED) is 0.513. The van der Waals surface area contributed by atoms with Gasteiger partial charge in [0.05, 0.1) is 5.56 Å². The monoisotopic (exact) mass is 360 g/mol. The lowest BCUT2D eigenvalue weighted by Gasteiger charge is -2.22. The first-order chi connectivity index (χ1) is 10.3. The number of halogens is 1. The Bertz CT molecular complexity index is 655. The fraction of sp³-hybridized carbons (Fsp3) is 0.316. The maximum absolute atomic E-state index is 12.7. The zero-order valence-electron chi connectivity index (χ0n) is 13.4. The molecule has 2 aromatic rings. The van der Waals surface area contributed by atoms with Gasteiger partial charge in [-0.15, -0.1) is 0 Å². The molecule has 1 atom stereocenters. The highest BCUT2D eigenvalue weighted by atomic mass is 79.9. The van der Waals surface area contributed by atoms with Gasteiger partial charge >= 0.3 is 5.97 Å². The van der Waals surface area contributed by atoms with E-state index in [9.17, 15) is 4.79 Å². The van der Waals surface area contributed by atoms with Crippen molar-refractivity contribution in [3.8, 4) is 11.1 Å². The number of alkyl halides is 1. The van der Waals surface area contributed by atoms with Crippen LogP contribution in [0.15, 0.2) is 48.5 Å². The van der Waals surface area contributed by atoms with Crippen molar-refractivity contribution >= 4 is 21.9 Å². The van der Waals surface area contributed by atoms with Crippen LogP contribution >= 0.6 is 15.9 Å². The SMILES string of the molecule is CC(Br)c1cccc(-c2ccccc2)c1C(=O)OC(C)(C)C. The Labute approximate surface area is 140 Å². The maximum atomic E-state index is 12.7. The molecule has 0 aliphatic heterocycles. The number of rotatable bonds is 3. The highest BCUT2D eigenvalue weighted by Gasteiger charge is 2.24. The summed E-state index contributed by atoms with van der Waals surface area (Å²) in [7, 11) is 0. The molecule has 0 N–H and O–H groups in total. The fourth-order valence-corrected chi connectivity index (χ4v) is 2.70. The molecule has 116 valence electrons. The first-order valence-electron chi connectivity index (χ1n) is 7.35. The Morgan fingerprint density at radius 2 is 1.68 bits per heavy atom. The van der Waals surface area contributed by atoms with Crippen molar-refractivity contribution in [3.63, 3.8) is 0 Å². The summed E-state index contributed by atoms with van der Waals surface area (Å²) in [6.07, 6.45) is 0. The average Bonchev–Trinajstić information content (AvgIpc) is 2.45. The summed E-state index contributed by atoms with van der Waals surface area (Å²) in [6.45, 7) is 7.66.